The second-order valence-corrected chi connectivity index (χ2v) is 6.96. The lowest BCUT2D eigenvalue weighted by molar-refractivity contribution is 0.415. The van der Waals surface area contributed by atoms with Gasteiger partial charge in [-0.3, -0.25) is 5.43 Å². The van der Waals surface area contributed by atoms with Crippen molar-refractivity contribution in [2.24, 2.45) is 10.1 Å². The predicted molar refractivity (Wildman–Crippen MR) is 116 cm³/mol. The highest BCUT2D eigenvalue weighted by Gasteiger charge is 2.10. The molecular weight excluding hydrogens is 368 g/mol. The number of fused-ring (bicyclic) bond motifs is 1. The number of para-hydroxylation sites is 2. The van der Waals surface area contributed by atoms with E-state index in [2.05, 4.69) is 16.6 Å². The fraction of sp³-hybridized carbons (Fsp3) is 0.0455. The summed E-state index contributed by atoms with van der Waals surface area (Å²) in [4.78, 5) is 9.39. The molecule has 4 aromatic rings. The Balaban J connectivity index is 1.62. The van der Waals surface area contributed by atoms with E-state index in [1.54, 1.807) is 24.7 Å². The third-order valence-corrected chi connectivity index (χ3v) is 5.04. The third kappa shape index (κ3) is 4.24. The summed E-state index contributed by atoms with van der Waals surface area (Å²) in [7, 11) is 1.65. The fourth-order valence-electron chi connectivity index (χ4n) is 2.58. The number of hydrazone groups is 1. The minimum absolute atomic E-state index is 0.608. The zero-order chi connectivity index (χ0) is 19.2. The number of rotatable bonds is 5. The summed E-state index contributed by atoms with van der Waals surface area (Å²) in [6, 6.07) is 25.5. The highest BCUT2D eigenvalue weighted by Crippen LogP contribution is 2.23. The molecule has 0 aliphatic heterocycles. The Bertz CT molecular complexity index is 1090. The molecule has 0 fully saturated rings. The first-order valence-electron chi connectivity index (χ1n) is 8.74. The van der Waals surface area contributed by atoms with Crippen LogP contribution in [0.15, 0.2) is 89.0 Å². The zero-order valence-electron chi connectivity index (χ0n) is 15.2. The number of nitrogens with one attached hydrogen (secondary N) is 1. The van der Waals surface area contributed by atoms with E-state index in [1.807, 2.05) is 72.8 Å². The minimum atomic E-state index is 0.608. The second-order valence-electron chi connectivity index (χ2n) is 5.93. The van der Waals surface area contributed by atoms with Crippen molar-refractivity contribution in [1.82, 2.24) is 10.4 Å². The van der Waals surface area contributed by atoms with Gasteiger partial charge in [0.2, 0.25) is 0 Å². The van der Waals surface area contributed by atoms with Gasteiger partial charge in [0.1, 0.15) is 5.75 Å². The van der Waals surface area contributed by atoms with Gasteiger partial charge in [0.15, 0.2) is 10.8 Å². The van der Waals surface area contributed by atoms with Crippen molar-refractivity contribution in [2.45, 2.75) is 0 Å². The van der Waals surface area contributed by atoms with E-state index in [4.69, 9.17) is 14.7 Å². The lowest BCUT2D eigenvalue weighted by Gasteiger charge is -2.03. The molecule has 1 N–H and O–H groups in total. The van der Waals surface area contributed by atoms with Crippen molar-refractivity contribution < 1.29 is 4.74 Å². The molecule has 28 heavy (non-hydrogen) atoms. The van der Waals surface area contributed by atoms with Crippen LogP contribution in [0.25, 0.3) is 10.2 Å². The van der Waals surface area contributed by atoms with Crippen LogP contribution in [0.3, 0.4) is 0 Å². The summed E-state index contributed by atoms with van der Waals surface area (Å²) >= 11 is 1.58. The van der Waals surface area contributed by atoms with Gasteiger partial charge in [0.25, 0.3) is 0 Å². The van der Waals surface area contributed by atoms with Gasteiger partial charge in [-0.15, -0.1) is 11.3 Å². The van der Waals surface area contributed by atoms with Gasteiger partial charge in [-0.2, -0.15) is 5.10 Å². The molecule has 0 saturated carbocycles. The van der Waals surface area contributed by atoms with Crippen molar-refractivity contribution >= 4 is 39.3 Å². The molecule has 3 aromatic carbocycles. The Hall–Kier alpha value is -3.51. The topological polar surface area (TPSA) is 58.9 Å². The Kier molecular flexibility index (Phi) is 5.40. The van der Waals surface area contributed by atoms with Gasteiger partial charge < -0.3 is 4.74 Å². The maximum atomic E-state index is 5.18. The van der Waals surface area contributed by atoms with Crippen molar-refractivity contribution in [3.8, 4) is 5.75 Å². The molecule has 0 atom stereocenters. The first-order valence-corrected chi connectivity index (χ1v) is 9.56. The summed E-state index contributed by atoms with van der Waals surface area (Å²) < 4.78 is 6.29. The molecule has 4 rings (SSSR count). The number of nitrogens with zero attached hydrogens (tertiary/aromatic N) is 3. The number of aliphatic imine (C=N–C) groups is 1. The Morgan fingerprint density at radius 2 is 1.71 bits per heavy atom. The number of hydrogen-bond acceptors (Lipinski definition) is 5. The van der Waals surface area contributed by atoms with E-state index < -0.39 is 0 Å². The summed E-state index contributed by atoms with van der Waals surface area (Å²) in [5, 5.41) is 5.15. The van der Waals surface area contributed by atoms with Crippen LogP contribution in [0, 0.1) is 0 Å². The van der Waals surface area contributed by atoms with Crippen LogP contribution in [0.4, 0.5) is 5.69 Å². The Labute approximate surface area is 167 Å². The summed E-state index contributed by atoms with van der Waals surface area (Å²) in [6.45, 7) is 0. The van der Waals surface area contributed by atoms with Gasteiger partial charge in [0.05, 0.1) is 29.2 Å². The predicted octanol–water partition coefficient (Wildman–Crippen LogP) is 5.01. The number of aromatic nitrogens is 1. The molecule has 138 valence electrons. The molecule has 0 spiro atoms. The van der Waals surface area contributed by atoms with E-state index in [1.165, 1.54) is 0 Å². The van der Waals surface area contributed by atoms with Crippen molar-refractivity contribution in [3.05, 3.63) is 89.4 Å². The van der Waals surface area contributed by atoms with E-state index >= 15 is 0 Å². The number of ether oxygens (including phenoxy) is 1. The molecule has 0 unspecified atom stereocenters. The number of benzene rings is 3. The first kappa shape index (κ1) is 17.9. The zero-order valence-corrected chi connectivity index (χ0v) is 16.1. The largest absolute Gasteiger partial charge is 0.497 e. The molecule has 1 aromatic heterocycles. The van der Waals surface area contributed by atoms with E-state index in [0.29, 0.717) is 5.84 Å². The van der Waals surface area contributed by atoms with Crippen molar-refractivity contribution in [1.29, 1.82) is 0 Å². The van der Waals surface area contributed by atoms with E-state index in [0.717, 1.165) is 32.2 Å². The molecule has 0 aliphatic rings. The van der Waals surface area contributed by atoms with Crippen LogP contribution in [-0.2, 0) is 0 Å². The maximum Gasteiger partial charge on any atom is 0.183 e. The third-order valence-electron chi connectivity index (χ3n) is 3.99. The Morgan fingerprint density at radius 1 is 0.964 bits per heavy atom. The second kappa shape index (κ2) is 8.45. The van der Waals surface area contributed by atoms with Gasteiger partial charge in [-0.1, -0.05) is 30.3 Å². The molecule has 6 heteroatoms. The molecule has 0 aliphatic carbocycles. The molecule has 0 saturated heterocycles. The van der Waals surface area contributed by atoms with Crippen LogP contribution >= 0.6 is 11.3 Å². The fourth-order valence-corrected chi connectivity index (χ4v) is 3.49. The normalized spacial score (nSPS) is 11.8. The molecule has 1 heterocycles. The van der Waals surface area contributed by atoms with Crippen LogP contribution in [0.1, 0.15) is 10.6 Å². The SMILES string of the molecule is COc1ccc(/C=N/NC(=Nc2ccccc2)c2nc3ccccc3s2)cc1. The highest BCUT2D eigenvalue weighted by atomic mass is 32.1. The van der Waals surface area contributed by atoms with Gasteiger partial charge >= 0.3 is 0 Å². The van der Waals surface area contributed by atoms with Crippen LogP contribution in [0.2, 0.25) is 0 Å². The first-order chi connectivity index (χ1) is 13.8. The number of hydrogen-bond donors (Lipinski definition) is 1. The lowest BCUT2D eigenvalue weighted by Crippen LogP contribution is -2.18. The molecule has 0 amide bonds. The maximum absolute atomic E-state index is 5.18. The summed E-state index contributed by atoms with van der Waals surface area (Å²) in [5.41, 5.74) is 5.80. The van der Waals surface area contributed by atoms with Crippen molar-refractivity contribution in [2.75, 3.05) is 7.11 Å². The minimum Gasteiger partial charge on any atom is -0.497 e. The van der Waals surface area contributed by atoms with E-state index in [9.17, 15) is 0 Å². The molecule has 0 radical (unpaired) electrons. The monoisotopic (exact) mass is 386 g/mol. The standard InChI is InChI=1S/C22H18N4OS/c1-27-18-13-11-16(12-14-18)15-23-26-21(24-17-7-3-2-4-8-17)22-25-19-9-5-6-10-20(19)28-22/h2-15H,1H3,(H,24,26)/b23-15+. The smallest absolute Gasteiger partial charge is 0.183 e. The number of thiazole rings is 1. The van der Waals surface area contributed by atoms with Gasteiger partial charge in [-0.25, -0.2) is 9.98 Å². The summed E-state index contributed by atoms with van der Waals surface area (Å²) in [5.74, 6) is 1.42. The Morgan fingerprint density at radius 3 is 2.46 bits per heavy atom. The van der Waals surface area contributed by atoms with Crippen LogP contribution in [-0.4, -0.2) is 24.1 Å². The molecule has 0 bridgehead atoms. The molecule has 5 nitrogen and oxygen atoms in total. The number of amidine groups is 1. The van der Waals surface area contributed by atoms with Crippen molar-refractivity contribution in [3.63, 3.8) is 0 Å². The van der Waals surface area contributed by atoms with Gasteiger partial charge in [-0.05, 0) is 54.1 Å². The van der Waals surface area contributed by atoms with Crippen LogP contribution < -0.4 is 10.2 Å². The average Bonchev–Trinajstić information content (AvgIpc) is 3.18. The summed E-state index contributed by atoms with van der Waals surface area (Å²) in [6.07, 6.45) is 1.74. The quantitative estimate of drug-likeness (QED) is 0.298. The highest BCUT2D eigenvalue weighted by molar-refractivity contribution is 7.20. The number of methoxy groups -OCH3 is 1. The lowest BCUT2D eigenvalue weighted by atomic mass is 10.2. The van der Waals surface area contributed by atoms with Gasteiger partial charge in [0, 0.05) is 0 Å². The molecular formula is C22H18N4OS. The average molecular weight is 386 g/mol. The van der Waals surface area contributed by atoms with Crippen LogP contribution in [0.5, 0.6) is 5.75 Å². The van der Waals surface area contributed by atoms with E-state index in [-0.39, 0.29) is 0 Å².